The van der Waals surface area contributed by atoms with Crippen LogP contribution in [0.25, 0.3) is 0 Å². The zero-order valence-corrected chi connectivity index (χ0v) is 16.6. The third-order valence-corrected chi connectivity index (χ3v) is 6.15. The summed E-state index contributed by atoms with van der Waals surface area (Å²) in [6.45, 7) is 7.41. The van der Waals surface area contributed by atoms with Crippen molar-refractivity contribution < 1.29 is 14.6 Å². The van der Waals surface area contributed by atoms with Gasteiger partial charge in [0.05, 0.1) is 19.1 Å². The predicted molar refractivity (Wildman–Crippen MR) is 107 cm³/mol. The Kier molecular flexibility index (Phi) is 7.27. The highest BCUT2D eigenvalue weighted by molar-refractivity contribution is 5.76. The van der Waals surface area contributed by atoms with Crippen LogP contribution in [0.15, 0.2) is 30.3 Å². The molecule has 2 fully saturated rings. The number of carbonyl (C=O) groups excluding carboxylic acids is 1. The molecule has 150 valence electrons. The summed E-state index contributed by atoms with van der Waals surface area (Å²) in [7, 11) is 0. The number of aliphatic hydroxyl groups excluding tert-OH is 1. The van der Waals surface area contributed by atoms with E-state index >= 15 is 0 Å². The van der Waals surface area contributed by atoms with E-state index in [-0.39, 0.29) is 17.4 Å². The number of aliphatic hydroxyl groups is 1. The number of benzene rings is 1. The van der Waals surface area contributed by atoms with Crippen LogP contribution in [0.3, 0.4) is 0 Å². The molecule has 2 aliphatic heterocycles. The normalized spacial score (nSPS) is 26.4. The molecule has 1 N–H and O–H groups in total. The summed E-state index contributed by atoms with van der Waals surface area (Å²) in [5.41, 5.74) is 1.18. The number of amides is 1. The van der Waals surface area contributed by atoms with Gasteiger partial charge in [0.1, 0.15) is 0 Å². The van der Waals surface area contributed by atoms with Crippen LogP contribution in [-0.2, 0) is 16.0 Å². The standard InChI is InChI=1S/C22H34N2O3/c1-2-27-16-11-21(26)24-13-6-12-22(18-24)17-23(15-10-20(22)25)14-9-19-7-4-3-5-8-19/h3-5,7-8,20,25H,2,6,9-18H2,1H3/t20-,22-/m1/s1. The molecule has 3 rings (SSSR count). The maximum absolute atomic E-state index is 12.5. The summed E-state index contributed by atoms with van der Waals surface area (Å²) >= 11 is 0. The van der Waals surface area contributed by atoms with Gasteiger partial charge in [-0.3, -0.25) is 4.79 Å². The van der Waals surface area contributed by atoms with E-state index in [1.807, 2.05) is 11.8 Å². The van der Waals surface area contributed by atoms with E-state index in [0.717, 1.165) is 51.9 Å². The summed E-state index contributed by atoms with van der Waals surface area (Å²) in [5.74, 6) is 0.163. The highest BCUT2D eigenvalue weighted by Gasteiger charge is 2.46. The van der Waals surface area contributed by atoms with Crippen molar-refractivity contribution in [3.8, 4) is 0 Å². The molecule has 1 aromatic rings. The summed E-state index contributed by atoms with van der Waals surface area (Å²) in [5, 5.41) is 10.8. The summed E-state index contributed by atoms with van der Waals surface area (Å²) in [4.78, 5) is 17.0. The zero-order chi connectivity index (χ0) is 19.1. The molecule has 0 aliphatic carbocycles. The number of ether oxygens (including phenoxy) is 1. The number of rotatable bonds is 7. The molecular weight excluding hydrogens is 340 g/mol. The molecule has 0 radical (unpaired) electrons. The van der Waals surface area contributed by atoms with Gasteiger partial charge in [-0.2, -0.15) is 0 Å². The predicted octanol–water partition coefficient (Wildman–Crippen LogP) is 2.33. The Morgan fingerprint density at radius 3 is 2.85 bits per heavy atom. The maximum Gasteiger partial charge on any atom is 0.224 e. The van der Waals surface area contributed by atoms with Crippen LogP contribution < -0.4 is 0 Å². The van der Waals surface area contributed by atoms with Crippen molar-refractivity contribution in [1.29, 1.82) is 0 Å². The second-order valence-corrected chi connectivity index (χ2v) is 8.04. The van der Waals surface area contributed by atoms with Crippen molar-refractivity contribution >= 4 is 5.91 Å². The second-order valence-electron chi connectivity index (χ2n) is 8.04. The van der Waals surface area contributed by atoms with Crippen molar-refractivity contribution in [3.63, 3.8) is 0 Å². The lowest BCUT2D eigenvalue weighted by molar-refractivity contribution is -0.142. The molecule has 1 aromatic carbocycles. The Labute approximate surface area is 163 Å². The quantitative estimate of drug-likeness (QED) is 0.745. The van der Waals surface area contributed by atoms with Gasteiger partial charge < -0.3 is 19.6 Å². The van der Waals surface area contributed by atoms with Gasteiger partial charge in [0, 0.05) is 44.7 Å². The molecule has 0 aromatic heterocycles. The van der Waals surface area contributed by atoms with E-state index in [4.69, 9.17) is 4.74 Å². The average Bonchev–Trinajstić information content (AvgIpc) is 2.70. The molecule has 2 heterocycles. The molecule has 2 aliphatic rings. The molecule has 0 unspecified atom stereocenters. The van der Waals surface area contributed by atoms with Crippen LogP contribution in [-0.4, -0.2) is 72.9 Å². The van der Waals surface area contributed by atoms with Crippen LogP contribution >= 0.6 is 0 Å². The van der Waals surface area contributed by atoms with Crippen molar-refractivity contribution in [2.75, 3.05) is 45.9 Å². The highest BCUT2D eigenvalue weighted by atomic mass is 16.5. The Morgan fingerprint density at radius 2 is 2.07 bits per heavy atom. The van der Waals surface area contributed by atoms with Gasteiger partial charge in [-0.05, 0) is 38.2 Å². The van der Waals surface area contributed by atoms with E-state index in [1.165, 1.54) is 5.56 Å². The second kappa shape index (κ2) is 9.67. The summed E-state index contributed by atoms with van der Waals surface area (Å²) < 4.78 is 5.34. The van der Waals surface area contributed by atoms with Crippen LogP contribution in [0.4, 0.5) is 0 Å². The number of likely N-dealkylation sites (tertiary alicyclic amines) is 2. The van der Waals surface area contributed by atoms with Crippen LogP contribution in [0, 0.1) is 5.41 Å². The Morgan fingerprint density at radius 1 is 1.26 bits per heavy atom. The zero-order valence-electron chi connectivity index (χ0n) is 16.6. The smallest absolute Gasteiger partial charge is 0.224 e. The highest BCUT2D eigenvalue weighted by Crippen LogP contribution is 2.39. The molecule has 5 heteroatoms. The van der Waals surface area contributed by atoms with Gasteiger partial charge in [-0.25, -0.2) is 0 Å². The minimum absolute atomic E-state index is 0.163. The topological polar surface area (TPSA) is 53.0 Å². The van der Waals surface area contributed by atoms with Crippen LogP contribution in [0.1, 0.15) is 38.2 Å². The molecule has 5 nitrogen and oxygen atoms in total. The number of carbonyl (C=O) groups is 1. The maximum atomic E-state index is 12.5. The van der Waals surface area contributed by atoms with Crippen molar-refractivity contribution in [1.82, 2.24) is 9.80 Å². The van der Waals surface area contributed by atoms with Crippen molar-refractivity contribution in [3.05, 3.63) is 35.9 Å². The van der Waals surface area contributed by atoms with Crippen molar-refractivity contribution in [2.45, 2.75) is 45.1 Å². The SMILES string of the molecule is CCOCCC(=O)N1CCC[C@@]2(CN(CCc3ccccc3)CC[C@H]2O)C1. The molecule has 0 saturated carbocycles. The fourth-order valence-corrected chi connectivity index (χ4v) is 4.60. The number of nitrogens with zero attached hydrogens (tertiary/aromatic N) is 2. The van der Waals surface area contributed by atoms with E-state index in [0.29, 0.717) is 26.2 Å². The van der Waals surface area contributed by atoms with E-state index < -0.39 is 0 Å². The van der Waals surface area contributed by atoms with Crippen molar-refractivity contribution in [2.24, 2.45) is 5.41 Å². The van der Waals surface area contributed by atoms with Gasteiger partial charge in [-0.15, -0.1) is 0 Å². The Balaban J connectivity index is 1.57. The van der Waals surface area contributed by atoms with Crippen LogP contribution in [0.5, 0.6) is 0 Å². The van der Waals surface area contributed by atoms with Crippen LogP contribution in [0.2, 0.25) is 0 Å². The number of piperidine rings is 2. The van der Waals surface area contributed by atoms with Gasteiger partial charge in [0.15, 0.2) is 0 Å². The lowest BCUT2D eigenvalue weighted by atomic mass is 9.71. The third-order valence-electron chi connectivity index (χ3n) is 6.15. The largest absolute Gasteiger partial charge is 0.392 e. The first-order chi connectivity index (χ1) is 13.1. The number of hydrogen-bond acceptors (Lipinski definition) is 4. The summed E-state index contributed by atoms with van der Waals surface area (Å²) in [6.07, 6.45) is 3.94. The third kappa shape index (κ3) is 5.31. The van der Waals surface area contributed by atoms with Gasteiger partial charge in [0.25, 0.3) is 0 Å². The molecule has 27 heavy (non-hydrogen) atoms. The van der Waals surface area contributed by atoms with E-state index in [1.54, 1.807) is 0 Å². The molecule has 0 bridgehead atoms. The minimum Gasteiger partial charge on any atom is -0.392 e. The van der Waals surface area contributed by atoms with Gasteiger partial charge >= 0.3 is 0 Å². The first-order valence-electron chi connectivity index (χ1n) is 10.4. The van der Waals surface area contributed by atoms with Gasteiger partial charge in [0.2, 0.25) is 5.91 Å². The lowest BCUT2D eigenvalue weighted by Crippen LogP contribution is -2.60. The first-order valence-corrected chi connectivity index (χ1v) is 10.4. The molecule has 2 atom stereocenters. The first kappa shape index (κ1) is 20.3. The fraction of sp³-hybridized carbons (Fsp3) is 0.682. The lowest BCUT2D eigenvalue weighted by Gasteiger charge is -2.51. The fourth-order valence-electron chi connectivity index (χ4n) is 4.60. The van der Waals surface area contributed by atoms with E-state index in [9.17, 15) is 9.90 Å². The van der Waals surface area contributed by atoms with E-state index in [2.05, 4.69) is 35.2 Å². The Bertz CT molecular complexity index is 594. The molecule has 1 spiro atoms. The monoisotopic (exact) mass is 374 g/mol. The molecule has 1 amide bonds. The van der Waals surface area contributed by atoms with Gasteiger partial charge in [-0.1, -0.05) is 30.3 Å². The molecule has 2 saturated heterocycles. The average molecular weight is 375 g/mol. The molecular formula is C22H34N2O3. The summed E-state index contributed by atoms with van der Waals surface area (Å²) in [6, 6.07) is 10.6. The number of hydrogen-bond donors (Lipinski definition) is 1. The Hall–Kier alpha value is -1.43. The minimum atomic E-state index is -0.312.